The number of piperidine rings is 1. The fourth-order valence-electron chi connectivity index (χ4n) is 3.87. The Morgan fingerprint density at radius 2 is 1.89 bits per heavy atom. The molecule has 3 nitrogen and oxygen atoms in total. The van der Waals surface area contributed by atoms with Gasteiger partial charge in [-0.15, -0.1) is 0 Å². The van der Waals surface area contributed by atoms with Crippen molar-refractivity contribution in [3.05, 3.63) is 0 Å². The third-order valence-corrected chi connectivity index (χ3v) is 4.60. The lowest BCUT2D eigenvalue weighted by Gasteiger charge is -2.45. The molecule has 0 amide bonds. The maximum atomic E-state index is 9.51. The molecule has 3 heteroatoms. The summed E-state index contributed by atoms with van der Waals surface area (Å²) in [6.07, 6.45) is 8.43. The number of likely N-dealkylation sites (tertiary alicyclic amines) is 1. The van der Waals surface area contributed by atoms with Gasteiger partial charge in [0.25, 0.3) is 0 Å². The SMILES string of the molecule is CC(C)NC(CO)CN1CCCC2CCCCC21. The first-order valence-corrected chi connectivity index (χ1v) is 7.81. The Bertz CT molecular complexity index is 243. The predicted octanol–water partition coefficient (Wildman–Crippen LogP) is 2.00. The van der Waals surface area contributed by atoms with Gasteiger partial charge >= 0.3 is 0 Å². The molecule has 2 rings (SSSR count). The molecule has 1 aliphatic carbocycles. The molecule has 2 N–H and O–H groups in total. The third-order valence-electron chi connectivity index (χ3n) is 4.60. The fourth-order valence-corrected chi connectivity index (χ4v) is 3.87. The summed E-state index contributed by atoms with van der Waals surface area (Å²) in [6.45, 7) is 6.82. The Balaban J connectivity index is 1.89. The van der Waals surface area contributed by atoms with E-state index in [0.717, 1.165) is 18.5 Å². The third kappa shape index (κ3) is 3.69. The van der Waals surface area contributed by atoms with E-state index in [2.05, 4.69) is 24.1 Å². The molecule has 0 spiro atoms. The normalized spacial score (nSPS) is 31.3. The van der Waals surface area contributed by atoms with Crippen LogP contribution in [-0.2, 0) is 0 Å². The minimum Gasteiger partial charge on any atom is -0.395 e. The second-order valence-electron chi connectivity index (χ2n) is 6.45. The van der Waals surface area contributed by atoms with E-state index in [9.17, 15) is 5.11 Å². The summed E-state index contributed by atoms with van der Waals surface area (Å²) in [5.74, 6) is 0.936. The summed E-state index contributed by atoms with van der Waals surface area (Å²) in [6, 6.07) is 1.50. The zero-order valence-corrected chi connectivity index (χ0v) is 12.1. The molecule has 0 aromatic carbocycles. The van der Waals surface area contributed by atoms with Gasteiger partial charge in [0, 0.05) is 24.7 Å². The lowest BCUT2D eigenvalue weighted by atomic mass is 9.78. The predicted molar refractivity (Wildman–Crippen MR) is 75.7 cm³/mol. The van der Waals surface area contributed by atoms with E-state index in [-0.39, 0.29) is 12.6 Å². The van der Waals surface area contributed by atoms with Crippen molar-refractivity contribution in [1.29, 1.82) is 0 Å². The second-order valence-corrected chi connectivity index (χ2v) is 6.45. The maximum Gasteiger partial charge on any atom is 0.0597 e. The van der Waals surface area contributed by atoms with Crippen LogP contribution < -0.4 is 5.32 Å². The van der Waals surface area contributed by atoms with Gasteiger partial charge in [-0.25, -0.2) is 0 Å². The van der Waals surface area contributed by atoms with Crippen LogP contribution >= 0.6 is 0 Å². The minimum atomic E-state index is 0.241. The minimum absolute atomic E-state index is 0.241. The summed E-state index contributed by atoms with van der Waals surface area (Å²) in [5, 5.41) is 13.0. The molecule has 0 radical (unpaired) electrons. The first-order chi connectivity index (χ1) is 8.70. The molecule has 1 saturated heterocycles. The number of nitrogens with one attached hydrogen (secondary N) is 1. The van der Waals surface area contributed by atoms with Gasteiger partial charge in [-0.1, -0.05) is 26.7 Å². The van der Waals surface area contributed by atoms with Crippen molar-refractivity contribution in [2.45, 2.75) is 70.5 Å². The highest BCUT2D eigenvalue weighted by Gasteiger charge is 2.33. The van der Waals surface area contributed by atoms with Crippen LogP contribution in [0, 0.1) is 5.92 Å². The second kappa shape index (κ2) is 6.88. The number of nitrogens with zero attached hydrogens (tertiary/aromatic N) is 1. The number of fused-ring (bicyclic) bond motifs is 1. The van der Waals surface area contributed by atoms with Crippen LogP contribution in [-0.4, -0.2) is 47.8 Å². The lowest BCUT2D eigenvalue weighted by Crippen LogP contribution is -2.53. The molecule has 1 aliphatic heterocycles. The topological polar surface area (TPSA) is 35.5 Å². The van der Waals surface area contributed by atoms with Gasteiger partial charge in [-0.3, -0.25) is 4.90 Å². The van der Waals surface area contributed by atoms with Crippen molar-refractivity contribution in [3.63, 3.8) is 0 Å². The zero-order valence-electron chi connectivity index (χ0n) is 12.1. The standard InChI is InChI=1S/C15H30N2O/c1-12(2)16-14(11-18)10-17-9-5-7-13-6-3-4-8-15(13)17/h12-16,18H,3-11H2,1-2H3. The molecule has 3 unspecified atom stereocenters. The molecule has 106 valence electrons. The van der Waals surface area contributed by atoms with E-state index in [1.165, 1.54) is 45.1 Å². The Kier molecular flexibility index (Phi) is 5.46. The molecule has 1 heterocycles. The summed E-state index contributed by atoms with van der Waals surface area (Å²) < 4.78 is 0. The van der Waals surface area contributed by atoms with E-state index < -0.39 is 0 Å². The molecule has 2 aliphatic rings. The Morgan fingerprint density at radius 1 is 1.17 bits per heavy atom. The molecular formula is C15H30N2O. The Morgan fingerprint density at radius 3 is 2.61 bits per heavy atom. The largest absolute Gasteiger partial charge is 0.395 e. The quantitative estimate of drug-likeness (QED) is 0.788. The average Bonchev–Trinajstić information content (AvgIpc) is 2.38. The van der Waals surface area contributed by atoms with Crippen molar-refractivity contribution >= 4 is 0 Å². The van der Waals surface area contributed by atoms with E-state index in [1.54, 1.807) is 0 Å². The van der Waals surface area contributed by atoms with Crippen molar-refractivity contribution in [1.82, 2.24) is 10.2 Å². The number of hydrogen-bond donors (Lipinski definition) is 2. The fraction of sp³-hybridized carbons (Fsp3) is 1.00. The van der Waals surface area contributed by atoms with Gasteiger partial charge in [0.2, 0.25) is 0 Å². The van der Waals surface area contributed by atoms with Gasteiger partial charge in [-0.05, 0) is 38.1 Å². The van der Waals surface area contributed by atoms with E-state index in [1.807, 2.05) is 0 Å². The van der Waals surface area contributed by atoms with E-state index in [4.69, 9.17) is 0 Å². The van der Waals surface area contributed by atoms with Gasteiger partial charge < -0.3 is 10.4 Å². The van der Waals surface area contributed by atoms with Crippen LogP contribution in [0.15, 0.2) is 0 Å². The van der Waals surface area contributed by atoms with Gasteiger partial charge in [0.05, 0.1) is 6.61 Å². The summed E-state index contributed by atoms with van der Waals surface area (Å²) >= 11 is 0. The first kappa shape index (κ1) is 14.3. The molecule has 0 aromatic heterocycles. The smallest absolute Gasteiger partial charge is 0.0597 e. The Hall–Kier alpha value is -0.120. The highest BCUT2D eigenvalue weighted by molar-refractivity contribution is 4.89. The van der Waals surface area contributed by atoms with Crippen LogP contribution in [0.2, 0.25) is 0 Å². The van der Waals surface area contributed by atoms with Gasteiger partial charge in [0.1, 0.15) is 0 Å². The molecule has 1 saturated carbocycles. The molecule has 3 atom stereocenters. The molecule has 0 bridgehead atoms. The van der Waals surface area contributed by atoms with Crippen molar-refractivity contribution < 1.29 is 5.11 Å². The highest BCUT2D eigenvalue weighted by Crippen LogP contribution is 2.35. The maximum absolute atomic E-state index is 9.51. The van der Waals surface area contributed by atoms with E-state index in [0.29, 0.717) is 6.04 Å². The Labute approximate surface area is 112 Å². The van der Waals surface area contributed by atoms with Crippen LogP contribution in [0.5, 0.6) is 0 Å². The molecule has 2 fully saturated rings. The van der Waals surface area contributed by atoms with Crippen LogP contribution in [0.1, 0.15) is 52.4 Å². The van der Waals surface area contributed by atoms with Gasteiger partial charge in [0.15, 0.2) is 0 Å². The summed E-state index contributed by atoms with van der Waals surface area (Å²) in [7, 11) is 0. The van der Waals surface area contributed by atoms with Crippen molar-refractivity contribution in [2.24, 2.45) is 5.92 Å². The van der Waals surface area contributed by atoms with Crippen LogP contribution in [0.25, 0.3) is 0 Å². The lowest BCUT2D eigenvalue weighted by molar-refractivity contribution is 0.0449. The number of aliphatic hydroxyl groups excluding tert-OH is 1. The average molecular weight is 254 g/mol. The first-order valence-electron chi connectivity index (χ1n) is 7.81. The van der Waals surface area contributed by atoms with Crippen molar-refractivity contribution in [3.8, 4) is 0 Å². The van der Waals surface area contributed by atoms with Crippen LogP contribution in [0.3, 0.4) is 0 Å². The zero-order chi connectivity index (χ0) is 13.0. The summed E-state index contributed by atoms with van der Waals surface area (Å²) in [5.41, 5.74) is 0. The van der Waals surface area contributed by atoms with E-state index >= 15 is 0 Å². The number of rotatable bonds is 5. The van der Waals surface area contributed by atoms with Crippen molar-refractivity contribution in [2.75, 3.05) is 19.7 Å². The molecular weight excluding hydrogens is 224 g/mol. The van der Waals surface area contributed by atoms with Crippen LogP contribution in [0.4, 0.5) is 0 Å². The number of aliphatic hydroxyl groups is 1. The molecule has 0 aromatic rings. The molecule has 18 heavy (non-hydrogen) atoms. The highest BCUT2D eigenvalue weighted by atomic mass is 16.3. The van der Waals surface area contributed by atoms with Gasteiger partial charge in [-0.2, -0.15) is 0 Å². The number of hydrogen-bond acceptors (Lipinski definition) is 3. The monoisotopic (exact) mass is 254 g/mol. The summed E-state index contributed by atoms with van der Waals surface area (Å²) in [4.78, 5) is 2.66.